The molecule has 0 aromatic carbocycles. The SMILES string of the molecule is CC=CCCC(C)(CC)CC. The monoisotopic (exact) mass is 154 g/mol. The van der Waals surface area contributed by atoms with Gasteiger partial charge in [0, 0.05) is 0 Å². The van der Waals surface area contributed by atoms with Gasteiger partial charge in [0.1, 0.15) is 0 Å². The maximum absolute atomic E-state index is 2.39. The van der Waals surface area contributed by atoms with Crippen LogP contribution in [0.4, 0.5) is 0 Å². The summed E-state index contributed by atoms with van der Waals surface area (Å²) in [5.74, 6) is 0. The zero-order chi connectivity index (χ0) is 8.74. The molecule has 0 aromatic rings. The molecule has 0 nitrogen and oxygen atoms in total. The van der Waals surface area contributed by atoms with E-state index in [2.05, 4.69) is 39.8 Å². The molecule has 0 aromatic heterocycles. The average molecular weight is 154 g/mol. The van der Waals surface area contributed by atoms with Crippen LogP contribution in [0.2, 0.25) is 0 Å². The van der Waals surface area contributed by atoms with Crippen LogP contribution in [0.15, 0.2) is 12.2 Å². The number of rotatable bonds is 5. The summed E-state index contributed by atoms with van der Waals surface area (Å²) in [5, 5.41) is 0. The predicted molar refractivity (Wildman–Crippen MR) is 52.7 cm³/mol. The fraction of sp³-hybridized carbons (Fsp3) is 0.818. The summed E-state index contributed by atoms with van der Waals surface area (Å²) in [6.07, 6.45) is 9.61. The molecular formula is C11H22. The maximum atomic E-state index is 2.39. The van der Waals surface area contributed by atoms with E-state index in [1.807, 2.05) is 0 Å². The van der Waals surface area contributed by atoms with Crippen LogP contribution in [-0.2, 0) is 0 Å². The molecule has 0 atom stereocenters. The second-order valence-electron chi connectivity index (χ2n) is 3.63. The van der Waals surface area contributed by atoms with E-state index in [1.165, 1.54) is 25.7 Å². The fourth-order valence-corrected chi connectivity index (χ4v) is 1.20. The first kappa shape index (κ1) is 10.7. The molecule has 0 fully saturated rings. The molecule has 0 N–H and O–H groups in total. The van der Waals surface area contributed by atoms with Gasteiger partial charge in [0.2, 0.25) is 0 Å². The second kappa shape index (κ2) is 5.40. The summed E-state index contributed by atoms with van der Waals surface area (Å²) in [6, 6.07) is 0. The molecular weight excluding hydrogens is 132 g/mol. The van der Waals surface area contributed by atoms with Crippen molar-refractivity contribution in [3.8, 4) is 0 Å². The first-order valence-electron chi connectivity index (χ1n) is 4.79. The van der Waals surface area contributed by atoms with Gasteiger partial charge in [0.15, 0.2) is 0 Å². The van der Waals surface area contributed by atoms with Gasteiger partial charge in [0.25, 0.3) is 0 Å². The topological polar surface area (TPSA) is 0 Å². The molecule has 0 spiro atoms. The standard InChI is InChI=1S/C11H22/c1-5-8-9-10-11(4,6-2)7-3/h5,8H,6-7,9-10H2,1-4H3. The summed E-state index contributed by atoms with van der Waals surface area (Å²) >= 11 is 0. The third-order valence-corrected chi connectivity index (χ3v) is 2.86. The molecule has 0 aliphatic carbocycles. The van der Waals surface area contributed by atoms with Crippen LogP contribution in [0.5, 0.6) is 0 Å². The molecule has 66 valence electrons. The van der Waals surface area contributed by atoms with Crippen molar-refractivity contribution in [2.75, 3.05) is 0 Å². The zero-order valence-electron chi connectivity index (χ0n) is 8.48. The van der Waals surface area contributed by atoms with Crippen molar-refractivity contribution in [2.45, 2.75) is 53.4 Å². The van der Waals surface area contributed by atoms with Gasteiger partial charge in [-0.3, -0.25) is 0 Å². The molecule has 11 heavy (non-hydrogen) atoms. The van der Waals surface area contributed by atoms with Crippen LogP contribution in [0.3, 0.4) is 0 Å². The van der Waals surface area contributed by atoms with Gasteiger partial charge in [-0.25, -0.2) is 0 Å². The Balaban J connectivity index is 3.68. The summed E-state index contributed by atoms with van der Waals surface area (Å²) in [7, 11) is 0. The van der Waals surface area contributed by atoms with E-state index in [4.69, 9.17) is 0 Å². The highest BCUT2D eigenvalue weighted by molar-refractivity contribution is 4.81. The van der Waals surface area contributed by atoms with Gasteiger partial charge >= 0.3 is 0 Å². The Morgan fingerprint density at radius 3 is 2.09 bits per heavy atom. The second-order valence-corrected chi connectivity index (χ2v) is 3.63. The highest BCUT2D eigenvalue weighted by Gasteiger charge is 2.17. The lowest BCUT2D eigenvalue weighted by molar-refractivity contribution is 0.275. The number of hydrogen-bond acceptors (Lipinski definition) is 0. The van der Waals surface area contributed by atoms with Crippen molar-refractivity contribution in [1.82, 2.24) is 0 Å². The molecule has 0 saturated carbocycles. The Morgan fingerprint density at radius 1 is 1.18 bits per heavy atom. The quantitative estimate of drug-likeness (QED) is 0.521. The lowest BCUT2D eigenvalue weighted by atomic mass is 9.80. The van der Waals surface area contributed by atoms with Gasteiger partial charge in [-0.2, -0.15) is 0 Å². The fourth-order valence-electron chi connectivity index (χ4n) is 1.20. The van der Waals surface area contributed by atoms with Crippen LogP contribution >= 0.6 is 0 Å². The highest BCUT2D eigenvalue weighted by Crippen LogP contribution is 2.30. The van der Waals surface area contributed by atoms with Crippen molar-refractivity contribution in [2.24, 2.45) is 5.41 Å². The van der Waals surface area contributed by atoms with Crippen LogP contribution in [-0.4, -0.2) is 0 Å². The first-order chi connectivity index (χ1) is 5.18. The van der Waals surface area contributed by atoms with Gasteiger partial charge in [-0.1, -0.05) is 45.8 Å². The predicted octanol–water partition coefficient (Wildman–Crippen LogP) is 4.17. The van der Waals surface area contributed by atoms with E-state index in [1.54, 1.807) is 0 Å². The van der Waals surface area contributed by atoms with E-state index in [9.17, 15) is 0 Å². The Morgan fingerprint density at radius 2 is 1.73 bits per heavy atom. The molecule has 0 aliphatic rings. The van der Waals surface area contributed by atoms with Gasteiger partial charge in [-0.15, -0.1) is 0 Å². The lowest BCUT2D eigenvalue weighted by Crippen LogP contribution is -2.12. The minimum absolute atomic E-state index is 0.583. The smallest absolute Gasteiger partial charge is 0.0328 e. The largest absolute Gasteiger partial charge is 0.0917 e. The van der Waals surface area contributed by atoms with Crippen molar-refractivity contribution >= 4 is 0 Å². The third kappa shape index (κ3) is 4.23. The first-order valence-corrected chi connectivity index (χ1v) is 4.79. The summed E-state index contributed by atoms with van der Waals surface area (Å²) < 4.78 is 0. The maximum Gasteiger partial charge on any atom is -0.0328 e. The molecule has 0 heteroatoms. The van der Waals surface area contributed by atoms with Gasteiger partial charge in [-0.05, 0) is 25.2 Å². The minimum Gasteiger partial charge on any atom is -0.0917 e. The van der Waals surface area contributed by atoms with Crippen molar-refractivity contribution < 1.29 is 0 Å². The normalized spacial score (nSPS) is 12.7. The van der Waals surface area contributed by atoms with E-state index >= 15 is 0 Å². The van der Waals surface area contributed by atoms with Crippen LogP contribution in [0, 0.1) is 5.41 Å². The van der Waals surface area contributed by atoms with Crippen molar-refractivity contribution in [1.29, 1.82) is 0 Å². The van der Waals surface area contributed by atoms with Gasteiger partial charge in [0.05, 0.1) is 0 Å². The highest BCUT2D eigenvalue weighted by atomic mass is 14.2. The van der Waals surface area contributed by atoms with Gasteiger partial charge < -0.3 is 0 Å². The van der Waals surface area contributed by atoms with E-state index in [-0.39, 0.29) is 0 Å². The molecule has 0 bridgehead atoms. The third-order valence-electron chi connectivity index (χ3n) is 2.86. The molecule has 0 aliphatic heterocycles. The summed E-state index contributed by atoms with van der Waals surface area (Å²) in [5.41, 5.74) is 0.583. The van der Waals surface area contributed by atoms with Crippen molar-refractivity contribution in [3.63, 3.8) is 0 Å². The zero-order valence-corrected chi connectivity index (χ0v) is 8.48. The Kier molecular flexibility index (Phi) is 5.27. The summed E-state index contributed by atoms with van der Waals surface area (Å²) in [6.45, 7) is 9.06. The lowest BCUT2D eigenvalue weighted by Gasteiger charge is -2.25. The average Bonchev–Trinajstić information content (AvgIpc) is 2.05. The Hall–Kier alpha value is -0.260. The molecule has 0 unspecified atom stereocenters. The van der Waals surface area contributed by atoms with Crippen molar-refractivity contribution in [3.05, 3.63) is 12.2 Å². The summed E-state index contributed by atoms with van der Waals surface area (Å²) in [4.78, 5) is 0. The number of allylic oxidation sites excluding steroid dienone is 2. The minimum atomic E-state index is 0.583. The van der Waals surface area contributed by atoms with Crippen LogP contribution < -0.4 is 0 Å². The Labute approximate surface area is 71.7 Å². The molecule has 0 heterocycles. The Bertz CT molecular complexity index is 107. The molecule has 0 amide bonds. The van der Waals surface area contributed by atoms with E-state index in [0.717, 1.165) is 0 Å². The molecule has 0 saturated heterocycles. The molecule has 0 radical (unpaired) electrons. The number of hydrogen-bond donors (Lipinski definition) is 0. The molecule has 0 rings (SSSR count). The van der Waals surface area contributed by atoms with E-state index in [0.29, 0.717) is 5.41 Å². The van der Waals surface area contributed by atoms with Crippen LogP contribution in [0.25, 0.3) is 0 Å². The van der Waals surface area contributed by atoms with Crippen LogP contribution in [0.1, 0.15) is 53.4 Å². The van der Waals surface area contributed by atoms with E-state index < -0.39 is 0 Å².